The Kier molecular flexibility index (Phi) is 10.9. The molecule has 9 nitrogen and oxygen atoms in total. The van der Waals surface area contributed by atoms with Crippen LogP contribution in [0.3, 0.4) is 0 Å². The van der Waals surface area contributed by atoms with Crippen LogP contribution in [0.25, 0.3) is 0 Å². The van der Waals surface area contributed by atoms with Crippen molar-refractivity contribution < 1.29 is 15.3 Å². The molecule has 4 rings (SSSR count). The van der Waals surface area contributed by atoms with Crippen molar-refractivity contribution in [3.05, 3.63) is 118 Å². The van der Waals surface area contributed by atoms with Crippen LogP contribution in [0, 0.1) is 0 Å². The molecule has 0 bridgehead atoms. The summed E-state index contributed by atoms with van der Waals surface area (Å²) in [5.41, 5.74) is 4.45. The van der Waals surface area contributed by atoms with E-state index in [1.54, 1.807) is 0 Å². The molecule has 0 heterocycles. The second kappa shape index (κ2) is 15.0. The molecular weight excluding hydrogens is 556 g/mol. The Morgan fingerprint density at radius 2 is 0.767 bits per heavy atom. The third kappa shape index (κ3) is 7.58. The highest BCUT2D eigenvalue weighted by atomic mass is 28.4. The summed E-state index contributed by atoms with van der Waals surface area (Å²) in [6, 6.07) is 26.2. The monoisotopic (exact) mass is 594 g/mol. The van der Waals surface area contributed by atoms with Gasteiger partial charge in [0.1, 0.15) is 17.2 Å². The SMILES string of the molecule is CCc1cccc(C/N=N/[Si](/N=N/Cc2cccc(CC)c2O)(/N=N/Cc2cccc(CC)c2O)c2ccccc2)c1O. The summed E-state index contributed by atoms with van der Waals surface area (Å²) in [5.74, 6) is 0.616. The quantitative estimate of drug-likeness (QED) is 0.109. The summed E-state index contributed by atoms with van der Waals surface area (Å²) in [4.78, 5) is 0. The lowest BCUT2D eigenvalue weighted by Gasteiger charge is -2.15. The number of hydrogen-bond acceptors (Lipinski definition) is 9. The first-order valence-corrected chi connectivity index (χ1v) is 16.4. The zero-order valence-corrected chi connectivity index (χ0v) is 25.9. The molecule has 0 fully saturated rings. The Labute approximate surface area is 253 Å². The molecule has 0 aliphatic heterocycles. The molecule has 0 spiro atoms. The minimum atomic E-state index is -3.62. The second-order valence-corrected chi connectivity index (χ2v) is 12.5. The topological polar surface area (TPSA) is 135 Å². The van der Waals surface area contributed by atoms with Crippen LogP contribution in [-0.2, 0) is 38.9 Å². The van der Waals surface area contributed by atoms with Gasteiger partial charge in [0.05, 0.1) is 19.6 Å². The Bertz CT molecular complexity index is 1450. The number of para-hydroxylation sites is 3. The van der Waals surface area contributed by atoms with E-state index < -0.39 is 8.56 Å². The van der Waals surface area contributed by atoms with Gasteiger partial charge in [0, 0.05) is 21.9 Å². The minimum absolute atomic E-state index is 0.130. The van der Waals surface area contributed by atoms with Gasteiger partial charge in [0.25, 0.3) is 0 Å². The van der Waals surface area contributed by atoms with E-state index in [1.165, 1.54) is 0 Å². The molecule has 0 atom stereocenters. The largest absolute Gasteiger partial charge is 0.524 e. The molecular formula is C33H38N6O3Si. The van der Waals surface area contributed by atoms with E-state index in [0.717, 1.165) is 21.9 Å². The van der Waals surface area contributed by atoms with Crippen LogP contribution in [0.2, 0.25) is 0 Å². The Morgan fingerprint density at radius 3 is 1.09 bits per heavy atom. The molecule has 0 saturated heterocycles. The average molecular weight is 595 g/mol. The van der Waals surface area contributed by atoms with Crippen molar-refractivity contribution >= 4 is 13.7 Å². The van der Waals surface area contributed by atoms with Crippen molar-refractivity contribution in [2.45, 2.75) is 59.7 Å². The van der Waals surface area contributed by atoms with E-state index in [-0.39, 0.29) is 36.9 Å². The average Bonchev–Trinajstić information content (AvgIpc) is 3.03. The first-order chi connectivity index (χ1) is 20.9. The first-order valence-electron chi connectivity index (χ1n) is 14.5. The summed E-state index contributed by atoms with van der Waals surface area (Å²) < 4.78 is 14.1. The van der Waals surface area contributed by atoms with Gasteiger partial charge < -0.3 is 15.3 Å². The lowest BCUT2D eigenvalue weighted by Crippen LogP contribution is -2.42. The molecule has 0 aromatic heterocycles. The molecule has 4 aromatic carbocycles. The maximum atomic E-state index is 10.7. The van der Waals surface area contributed by atoms with Gasteiger partial charge in [-0.3, -0.25) is 0 Å². The predicted octanol–water partition coefficient (Wildman–Crippen LogP) is 7.59. The van der Waals surface area contributed by atoms with Crippen LogP contribution in [0.1, 0.15) is 54.2 Å². The zero-order valence-electron chi connectivity index (χ0n) is 24.9. The maximum Gasteiger partial charge on any atom is 0.524 e. The van der Waals surface area contributed by atoms with Crippen molar-refractivity contribution in [2.24, 2.45) is 29.7 Å². The normalized spacial score (nSPS) is 12.2. The predicted molar refractivity (Wildman–Crippen MR) is 170 cm³/mol. The number of rotatable bonds is 13. The smallest absolute Gasteiger partial charge is 0.507 e. The molecule has 10 heteroatoms. The maximum absolute atomic E-state index is 10.7. The van der Waals surface area contributed by atoms with Gasteiger partial charge in [0.2, 0.25) is 0 Å². The summed E-state index contributed by atoms with van der Waals surface area (Å²) in [6.07, 6.45) is 2.08. The molecule has 0 aliphatic carbocycles. The molecule has 3 N–H and O–H groups in total. The second-order valence-electron chi connectivity index (χ2n) is 10.0. The van der Waals surface area contributed by atoms with Crippen LogP contribution in [-0.4, -0.2) is 23.9 Å². The minimum Gasteiger partial charge on any atom is -0.507 e. The van der Waals surface area contributed by atoms with Crippen LogP contribution in [0.4, 0.5) is 0 Å². The molecule has 43 heavy (non-hydrogen) atoms. The van der Waals surface area contributed by atoms with Gasteiger partial charge >= 0.3 is 8.56 Å². The Morgan fingerprint density at radius 1 is 0.442 bits per heavy atom. The molecule has 0 amide bonds. The summed E-state index contributed by atoms with van der Waals surface area (Å²) in [5, 5.41) is 46.2. The van der Waals surface area contributed by atoms with E-state index in [2.05, 4.69) is 15.3 Å². The van der Waals surface area contributed by atoms with Crippen LogP contribution in [0.5, 0.6) is 17.2 Å². The van der Waals surface area contributed by atoms with Crippen LogP contribution < -0.4 is 5.19 Å². The Balaban J connectivity index is 1.75. The molecule has 222 valence electrons. The van der Waals surface area contributed by atoms with Gasteiger partial charge in [-0.25, -0.2) is 0 Å². The fourth-order valence-electron chi connectivity index (χ4n) is 4.70. The fourth-order valence-corrected chi connectivity index (χ4v) is 6.61. The molecule has 0 unspecified atom stereocenters. The Hall–Kier alpha value is -4.70. The zero-order chi connectivity index (χ0) is 30.7. The summed E-state index contributed by atoms with van der Waals surface area (Å²) in [6.45, 7) is 6.34. The standard InChI is InChI=1S/C33H38N6O3Si/c1-4-24-13-10-16-27(31(24)40)21-34-37-43(30-19-8-7-9-20-30,38-35-22-28-17-11-14-25(5-2)32(28)41)39-36-23-29-18-12-15-26(6-3)33(29)42/h7-20,40-42H,4-6,21-23H2,1-3H3/b37-34+,38-35+,39-36+. The van der Waals surface area contributed by atoms with Crippen molar-refractivity contribution in [1.29, 1.82) is 0 Å². The molecule has 0 aliphatic rings. The van der Waals surface area contributed by atoms with E-state index >= 15 is 0 Å². The van der Waals surface area contributed by atoms with Crippen molar-refractivity contribution in [3.63, 3.8) is 0 Å². The summed E-state index contributed by atoms with van der Waals surface area (Å²) in [7, 11) is -3.62. The number of nitrogens with zero attached hydrogens (tertiary/aromatic N) is 6. The first kappa shape index (κ1) is 31.2. The number of hydrogen-bond donors (Lipinski definition) is 3. The van der Waals surface area contributed by atoms with Gasteiger partial charge in [-0.1, -0.05) is 106 Å². The van der Waals surface area contributed by atoms with Gasteiger partial charge in [-0.05, 0) is 36.0 Å². The number of phenolic OH excluding ortho intramolecular Hbond substituents is 3. The number of phenols is 3. The molecule has 4 aromatic rings. The highest BCUT2D eigenvalue weighted by molar-refractivity contribution is 6.86. The van der Waals surface area contributed by atoms with Crippen molar-refractivity contribution in [3.8, 4) is 17.2 Å². The third-order valence-corrected chi connectivity index (χ3v) is 9.64. The van der Waals surface area contributed by atoms with E-state index in [4.69, 9.17) is 14.3 Å². The lowest BCUT2D eigenvalue weighted by atomic mass is 10.1. The highest BCUT2D eigenvalue weighted by Crippen LogP contribution is 2.27. The van der Waals surface area contributed by atoms with Crippen LogP contribution >= 0.6 is 0 Å². The van der Waals surface area contributed by atoms with Gasteiger partial charge in [-0.2, -0.15) is 29.7 Å². The van der Waals surface area contributed by atoms with Gasteiger partial charge in [-0.15, -0.1) is 0 Å². The number of benzene rings is 4. The van der Waals surface area contributed by atoms with Gasteiger partial charge in [0.15, 0.2) is 0 Å². The molecule has 0 saturated carbocycles. The fraction of sp³-hybridized carbons (Fsp3) is 0.273. The number of aryl methyl sites for hydroxylation is 3. The lowest BCUT2D eigenvalue weighted by molar-refractivity contribution is 0.461. The van der Waals surface area contributed by atoms with Crippen molar-refractivity contribution in [1.82, 2.24) is 0 Å². The van der Waals surface area contributed by atoms with E-state index in [9.17, 15) is 15.3 Å². The van der Waals surface area contributed by atoms with Crippen molar-refractivity contribution in [2.75, 3.05) is 0 Å². The highest BCUT2D eigenvalue weighted by Gasteiger charge is 2.40. The van der Waals surface area contributed by atoms with Crippen LogP contribution in [0.15, 0.2) is 115 Å². The number of aromatic hydroxyl groups is 3. The summed E-state index contributed by atoms with van der Waals surface area (Å²) >= 11 is 0. The van der Waals surface area contributed by atoms with E-state index in [0.29, 0.717) is 36.0 Å². The third-order valence-electron chi connectivity index (χ3n) is 7.27. The molecule has 0 radical (unpaired) electrons. The van der Waals surface area contributed by atoms with E-state index in [1.807, 2.05) is 106 Å².